The molecule has 0 aliphatic heterocycles. The van der Waals surface area contributed by atoms with E-state index in [0.29, 0.717) is 6.04 Å². The van der Waals surface area contributed by atoms with Crippen LogP contribution in [0.3, 0.4) is 0 Å². The Morgan fingerprint density at radius 2 is 2.05 bits per heavy atom. The van der Waals surface area contributed by atoms with Gasteiger partial charge in [-0.3, -0.25) is 0 Å². The van der Waals surface area contributed by atoms with E-state index in [0.717, 1.165) is 40.6 Å². The van der Waals surface area contributed by atoms with Crippen molar-refractivity contribution in [3.63, 3.8) is 0 Å². The van der Waals surface area contributed by atoms with Crippen molar-refractivity contribution in [2.75, 3.05) is 0 Å². The maximum Gasteiger partial charge on any atom is 0.134 e. The van der Waals surface area contributed by atoms with Gasteiger partial charge in [0.25, 0.3) is 0 Å². The van der Waals surface area contributed by atoms with Gasteiger partial charge in [-0.25, -0.2) is 0 Å². The average molecular weight is 278 g/mol. The van der Waals surface area contributed by atoms with Crippen LogP contribution < -0.4 is 5.32 Å². The molecule has 0 bridgehead atoms. The van der Waals surface area contributed by atoms with Crippen molar-refractivity contribution in [1.29, 1.82) is 0 Å². The second-order valence-electron chi connectivity index (χ2n) is 4.87. The van der Waals surface area contributed by atoms with Crippen molar-refractivity contribution in [3.8, 4) is 11.3 Å². The second-order valence-corrected chi connectivity index (χ2v) is 5.28. The van der Waals surface area contributed by atoms with E-state index in [-0.39, 0.29) is 0 Å². The van der Waals surface area contributed by atoms with E-state index < -0.39 is 0 Å². The van der Waals surface area contributed by atoms with Gasteiger partial charge >= 0.3 is 0 Å². The summed E-state index contributed by atoms with van der Waals surface area (Å²) < 4.78 is 5.88. The van der Waals surface area contributed by atoms with Crippen LogP contribution in [0.25, 0.3) is 11.3 Å². The van der Waals surface area contributed by atoms with Crippen molar-refractivity contribution >= 4 is 11.6 Å². The summed E-state index contributed by atoms with van der Waals surface area (Å²) in [5.41, 5.74) is 2.11. The first-order valence-electron chi connectivity index (χ1n) is 6.69. The van der Waals surface area contributed by atoms with Crippen molar-refractivity contribution in [2.45, 2.75) is 39.8 Å². The topological polar surface area (TPSA) is 25.2 Å². The lowest BCUT2D eigenvalue weighted by Gasteiger charge is -2.09. The molecule has 0 saturated heterocycles. The van der Waals surface area contributed by atoms with Crippen molar-refractivity contribution in [2.24, 2.45) is 0 Å². The van der Waals surface area contributed by atoms with Gasteiger partial charge in [-0.05, 0) is 44.0 Å². The van der Waals surface area contributed by atoms with Crippen molar-refractivity contribution < 1.29 is 4.42 Å². The zero-order valence-electron chi connectivity index (χ0n) is 11.7. The third-order valence-corrected chi connectivity index (χ3v) is 3.84. The molecule has 19 heavy (non-hydrogen) atoms. The number of hydrogen-bond acceptors (Lipinski definition) is 2. The average Bonchev–Trinajstić information content (AvgIpc) is 2.87. The van der Waals surface area contributed by atoms with Crippen LogP contribution in [0.5, 0.6) is 0 Å². The smallest absolute Gasteiger partial charge is 0.134 e. The molecule has 2 nitrogen and oxygen atoms in total. The lowest BCUT2D eigenvalue weighted by atomic mass is 10.1. The van der Waals surface area contributed by atoms with Crippen LogP contribution in [-0.4, -0.2) is 6.04 Å². The van der Waals surface area contributed by atoms with Gasteiger partial charge in [0, 0.05) is 16.6 Å². The van der Waals surface area contributed by atoms with Crippen LogP contribution in [0.4, 0.5) is 0 Å². The molecule has 3 heteroatoms. The minimum absolute atomic E-state index is 0.501. The molecular formula is C16H20ClNO. The van der Waals surface area contributed by atoms with Crippen LogP contribution in [0.15, 0.2) is 34.7 Å². The number of rotatable bonds is 5. The standard InChI is InChI=1S/C16H20ClNO/c1-4-11(2)18-10-13-8-9-16(19-13)14-6-5-7-15(17)12(14)3/h5-9,11,18H,4,10H2,1-3H3. The fourth-order valence-electron chi connectivity index (χ4n) is 1.91. The first-order valence-corrected chi connectivity index (χ1v) is 7.07. The number of nitrogens with one attached hydrogen (secondary N) is 1. The SMILES string of the molecule is CCC(C)NCc1ccc(-c2cccc(Cl)c2C)o1. The molecule has 0 aliphatic carbocycles. The fourth-order valence-corrected chi connectivity index (χ4v) is 2.09. The highest BCUT2D eigenvalue weighted by molar-refractivity contribution is 6.31. The summed E-state index contributed by atoms with van der Waals surface area (Å²) in [5, 5.41) is 4.19. The van der Waals surface area contributed by atoms with Crippen molar-refractivity contribution in [3.05, 3.63) is 46.7 Å². The number of benzene rings is 1. The Hall–Kier alpha value is -1.25. The van der Waals surface area contributed by atoms with Gasteiger partial charge in [0.15, 0.2) is 0 Å². The molecule has 1 unspecified atom stereocenters. The Balaban J connectivity index is 2.14. The molecular weight excluding hydrogens is 258 g/mol. The first-order chi connectivity index (χ1) is 9.11. The summed E-state index contributed by atoms with van der Waals surface area (Å²) in [5.74, 6) is 1.83. The Bertz CT molecular complexity index is 547. The molecule has 1 N–H and O–H groups in total. The molecule has 0 aliphatic rings. The van der Waals surface area contributed by atoms with Gasteiger partial charge < -0.3 is 9.73 Å². The Morgan fingerprint density at radius 1 is 1.26 bits per heavy atom. The van der Waals surface area contributed by atoms with E-state index in [4.69, 9.17) is 16.0 Å². The van der Waals surface area contributed by atoms with Gasteiger partial charge in [0.1, 0.15) is 11.5 Å². The van der Waals surface area contributed by atoms with Crippen LogP contribution in [0.1, 0.15) is 31.6 Å². The van der Waals surface area contributed by atoms with Crippen molar-refractivity contribution in [1.82, 2.24) is 5.32 Å². The zero-order chi connectivity index (χ0) is 13.8. The molecule has 1 heterocycles. The van der Waals surface area contributed by atoms with Crippen LogP contribution in [0.2, 0.25) is 5.02 Å². The predicted octanol–water partition coefficient (Wildman–Crippen LogP) is 4.80. The van der Waals surface area contributed by atoms with E-state index in [1.165, 1.54) is 0 Å². The van der Waals surface area contributed by atoms with Gasteiger partial charge in [-0.15, -0.1) is 0 Å². The summed E-state index contributed by atoms with van der Waals surface area (Å²) >= 11 is 6.14. The Morgan fingerprint density at radius 3 is 2.79 bits per heavy atom. The molecule has 102 valence electrons. The van der Waals surface area contributed by atoms with Gasteiger partial charge in [0.2, 0.25) is 0 Å². The minimum Gasteiger partial charge on any atom is -0.460 e. The molecule has 1 aromatic heterocycles. The molecule has 1 atom stereocenters. The number of hydrogen-bond donors (Lipinski definition) is 1. The van der Waals surface area contributed by atoms with E-state index in [1.807, 2.05) is 37.3 Å². The third kappa shape index (κ3) is 3.40. The number of furan rings is 1. The van der Waals surface area contributed by atoms with Gasteiger partial charge in [0.05, 0.1) is 6.54 Å². The maximum absolute atomic E-state index is 6.14. The second kappa shape index (κ2) is 6.27. The fraction of sp³-hybridized carbons (Fsp3) is 0.375. The van der Waals surface area contributed by atoms with Crippen LogP contribution in [-0.2, 0) is 6.54 Å². The maximum atomic E-state index is 6.14. The normalized spacial score (nSPS) is 12.6. The number of halogens is 1. The quantitative estimate of drug-likeness (QED) is 0.849. The van der Waals surface area contributed by atoms with E-state index in [9.17, 15) is 0 Å². The molecule has 0 fully saturated rings. The van der Waals surface area contributed by atoms with E-state index >= 15 is 0 Å². The molecule has 0 saturated carbocycles. The Kier molecular flexibility index (Phi) is 4.67. The highest BCUT2D eigenvalue weighted by atomic mass is 35.5. The van der Waals surface area contributed by atoms with Gasteiger partial charge in [-0.1, -0.05) is 30.7 Å². The van der Waals surface area contributed by atoms with E-state index in [1.54, 1.807) is 0 Å². The first kappa shape index (κ1) is 14.2. The summed E-state index contributed by atoms with van der Waals surface area (Å²) in [4.78, 5) is 0. The molecule has 2 aromatic rings. The third-order valence-electron chi connectivity index (χ3n) is 3.43. The largest absolute Gasteiger partial charge is 0.460 e. The summed E-state index contributed by atoms with van der Waals surface area (Å²) in [6.45, 7) is 7.11. The highest BCUT2D eigenvalue weighted by Gasteiger charge is 2.09. The molecule has 0 amide bonds. The molecule has 2 rings (SSSR count). The van der Waals surface area contributed by atoms with Crippen LogP contribution >= 0.6 is 11.6 Å². The van der Waals surface area contributed by atoms with Crippen LogP contribution in [0, 0.1) is 6.92 Å². The molecule has 0 radical (unpaired) electrons. The van der Waals surface area contributed by atoms with E-state index in [2.05, 4.69) is 19.2 Å². The van der Waals surface area contributed by atoms with Gasteiger partial charge in [-0.2, -0.15) is 0 Å². The monoisotopic (exact) mass is 277 g/mol. The minimum atomic E-state index is 0.501. The summed E-state index contributed by atoms with van der Waals surface area (Å²) in [6, 6.07) is 10.4. The summed E-state index contributed by atoms with van der Waals surface area (Å²) in [7, 11) is 0. The predicted molar refractivity (Wildman–Crippen MR) is 80.5 cm³/mol. The summed E-state index contributed by atoms with van der Waals surface area (Å²) in [6.07, 6.45) is 1.11. The Labute approximate surface area is 119 Å². The zero-order valence-corrected chi connectivity index (χ0v) is 12.4. The highest BCUT2D eigenvalue weighted by Crippen LogP contribution is 2.29. The lowest BCUT2D eigenvalue weighted by molar-refractivity contribution is 0.456. The molecule has 1 aromatic carbocycles. The lowest BCUT2D eigenvalue weighted by Crippen LogP contribution is -2.24. The molecule has 0 spiro atoms.